The first-order chi connectivity index (χ1) is 17.0. The predicted octanol–water partition coefficient (Wildman–Crippen LogP) is 4.85. The average Bonchev–Trinajstić information content (AvgIpc) is 2.82. The van der Waals surface area contributed by atoms with Gasteiger partial charge in [0, 0.05) is 23.6 Å². The van der Waals surface area contributed by atoms with Crippen molar-refractivity contribution in [2.45, 2.75) is 71.9 Å². The van der Waals surface area contributed by atoms with E-state index in [1.165, 1.54) is 13.2 Å². The van der Waals surface area contributed by atoms with E-state index in [4.69, 9.17) is 9.47 Å². The van der Waals surface area contributed by atoms with E-state index in [0.717, 1.165) is 19.3 Å². The molecule has 0 saturated heterocycles. The summed E-state index contributed by atoms with van der Waals surface area (Å²) < 4.78 is 10.7. The first-order valence-corrected chi connectivity index (χ1v) is 12.3. The van der Waals surface area contributed by atoms with Crippen LogP contribution in [0.3, 0.4) is 0 Å². The second-order valence-electron chi connectivity index (χ2n) is 9.73. The Balaban J connectivity index is 2.17. The van der Waals surface area contributed by atoms with Crippen LogP contribution in [0.4, 0.5) is 5.69 Å². The summed E-state index contributed by atoms with van der Waals surface area (Å²) >= 11 is 0. The molecule has 0 spiro atoms. The zero-order valence-corrected chi connectivity index (χ0v) is 22.0. The van der Waals surface area contributed by atoms with Crippen LogP contribution in [0, 0.1) is 5.92 Å². The van der Waals surface area contributed by atoms with Gasteiger partial charge in [-0.2, -0.15) is 0 Å². The summed E-state index contributed by atoms with van der Waals surface area (Å²) in [5.41, 5.74) is 0.883. The van der Waals surface area contributed by atoms with E-state index in [0.29, 0.717) is 16.8 Å². The number of hydrogen-bond acceptors (Lipinski definition) is 6. The van der Waals surface area contributed by atoms with Crippen LogP contribution in [0.5, 0.6) is 11.5 Å². The highest BCUT2D eigenvalue weighted by Crippen LogP contribution is 2.27. The molecule has 0 fully saturated rings. The van der Waals surface area contributed by atoms with Gasteiger partial charge >= 0.3 is 5.97 Å². The number of benzene rings is 2. The molecule has 3 N–H and O–H groups in total. The third-order valence-electron chi connectivity index (χ3n) is 5.60. The Kier molecular flexibility index (Phi) is 10.3. The Bertz CT molecular complexity index is 1040. The Morgan fingerprint density at radius 1 is 1.03 bits per heavy atom. The summed E-state index contributed by atoms with van der Waals surface area (Å²) in [4.78, 5) is 38.4. The van der Waals surface area contributed by atoms with Crippen LogP contribution in [-0.2, 0) is 20.7 Å². The molecule has 2 unspecified atom stereocenters. The smallest absolute Gasteiger partial charge is 0.329 e. The average molecular weight is 499 g/mol. The lowest BCUT2D eigenvalue weighted by Gasteiger charge is -2.25. The van der Waals surface area contributed by atoms with E-state index < -0.39 is 23.5 Å². The second-order valence-corrected chi connectivity index (χ2v) is 9.73. The minimum Gasteiger partial charge on any atom is -0.504 e. The molecular weight excluding hydrogens is 460 g/mol. The van der Waals surface area contributed by atoms with E-state index in [1.54, 1.807) is 57.2 Å². The number of phenols is 1. The summed E-state index contributed by atoms with van der Waals surface area (Å²) in [5.74, 6) is -0.868. The molecule has 0 saturated carbocycles. The van der Waals surface area contributed by atoms with Gasteiger partial charge in [-0.05, 0) is 75.6 Å². The number of phenolic OH excluding ortho intramolecular Hbond substituents is 1. The first-order valence-electron chi connectivity index (χ1n) is 12.3. The van der Waals surface area contributed by atoms with Crippen LogP contribution in [0.15, 0.2) is 42.5 Å². The largest absolute Gasteiger partial charge is 0.504 e. The van der Waals surface area contributed by atoms with Gasteiger partial charge in [0.1, 0.15) is 11.6 Å². The lowest BCUT2D eigenvalue weighted by Crippen LogP contribution is -2.45. The van der Waals surface area contributed by atoms with Crippen molar-refractivity contribution in [3.63, 3.8) is 0 Å². The molecule has 2 aromatic rings. The minimum absolute atomic E-state index is 0.0220. The van der Waals surface area contributed by atoms with Crippen molar-refractivity contribution in [3.8, 4) is 11.5 Å². The normalized spacial score (nSPS) is 12.8. The molecule has 2 amide bonds. The van der Waals surface area contributed by atoms with Crippen LogP contribution in [0.1, 0.15) is 69.8 Å². The number of carbonyl (C=O) groups excluding carboxylic acids is 3. The number of esters is 1. The predicted molar refractivity (Wildman–Crippen MR) is 139 cm³/mol. The zero-order valence-electron chi connectivity index (χ0n) is 22.0. The molecule has 0 aliphatic carbocycles. The van der Waals surface area contributed by atoms with Gasteiger partial charge in [-0.1, -0.05) is 26.3 Å². The topological polar surface area (TPSA) is 114 Å². The van der Waals surface area contributed by atoms with Gasteiger partial charge in [-0.3, -0.25) is 9.59 Å². The molecule has 2 aromatic carbocycles. The highest BCUT2D eigenvalue weighted by atomic mass is 16.6. The number of ether oxygens (including phenoxy) is 2. The maximum Gasteiger partial charge on any atom is 0.329 e. The molecule has 0 aliphatic rings. The lowest BCUT2D eigenvalue weighted by atomic mass is 10.00. The molecule has 0 aromatic heterocycles. The van der Waals surface area contributed by atoms with E-state index in [-0.39, 0.29) is 29.7 Å². The monoisotopic (exact) mass is 498 g/mol. The van der Waals surface area contributed by atoms with Crippen LogP contribution >= 0.6 is 0 Å². The van der Waals surface area contributed by atoms with Crippen LogP contribution in [0.25, 0.3) is 0 Å². The van der Waals surface area contributed by atoms with Crippen molar-refractivity contribution >= 4 is 23.5 Å². The molecule has 8 heteroatoms. The van der Waals surface area contributed by atoms with Crippen LogP contribution in [-0.4, -0.2) is 41.6 Å². The molecule has 196 valence electrons. The number of methoxy groups -OCH3 is 1. The molecule has 0 radical (unpaired) electrons. The second kappa shape index (κ2) is 13.0. The van der Waals surface area contributed by atoms with E-state index in [1.807, 2.05) is 13.8 Å². The number of carbonyl (C=O) groups is 3. The van der Waals surface area contributed by atoms with Gasteiger partial charge in [0.05, 0.1) is 7.11 Å². The summed E-state index contributed by atoms with van der Waals surface area (Å²) in [6, 6.07) is 10.3. The zero-order chi connectivity index (χ0) is 26.9. The van der Waals surface area contributed by atoms with Crippen molar-refractivity contribution in [1.82, 2.24) is 5.32 Å². The molecule has 2 rings (SSSR count). The lowest BCUT2D eigenvalue weighted by molar-refractivity contribution is -0.157. The minimum atomic E-state index is -0.968. The van der Waals surface area contributed by atoms with Gasteiger partial charge < -0.3 is 25.2 Å². The SMILES string of the molecule is CCCC(CC)C(=O)Nc1ccc(C(=O)NC(Cc2ccc(O)c(OC)c2)C(=O)OC(C)(C)C)cc1. The van der Waals surface area contributed by atoms with Gasteiger partial charge in [0.25, 0.3) is 5.91 Å². The van der Waals surface area contributed by atoms with Crippen molar-refractivity contribution in [1.29, 1.82) is 0 Å². The molecular formula is C28H38N2O6. The standard InChI is InChI=1S/C28H38N2O6/c1-7-9-19(8-2)25(32)29-21-13-11-20(12-14-21)26(33)30-22(27(34)36-28(3,4)5)16-18-10-15-23(31)24(17-18)35-6/h10-15,17,19,22,31H,7-9,16H2,1-6H3,(H,29,32)(H,30,33). The van der Waals surface area contributed by atoms with Gasteiger partial charge in [0.2, 0.25) is 5.91 Å². The summed E-state index contributed by atoms with van der Waals surface area (Å²) in [6.45, 7) is 9.30. The van der Waals surface area contributed by atoms with Crippen LogP contribution < -0.4 is 15.4 Å². The Labute approximate surface area is 213 Å². The number of aromatic hydroxyl groups is 1. The summed E-state index contributed by atoms with van der Waals surface area (Å²) in [5, 5.41) is 15.5. The fourth-order valence-electron chi connectivity index (χ4n) is 3.71. The Hall–Kier alpha value is -3.55. The molecule has 0 heterocycles. The molecule has 0 bridgehead atoms. The highest BCUT2D eigenvalue weighted by Gasteiger charge is 2.28. The van der Waals surface area contributed by atoms with Crippen LogP contribution in [0.2, 0.25) is 0 Å². The van der Waals surface area contributed by atoms with E-state index in [9.17, 15) is 19.5 Å². The van der Waals surface area contributed by atoms with Crippen molar-refractivity contribution in [3.05, 3.63) is 53.6 Å². The maximum absolute atomic E-state index is 13.0. The third-order valence-corrected chi connectivity index (χ3v) is 5.60. The van der Waals surface area contributed by atoms with Crippen molar-refractivity contribution in [2.75, 3.05) is 12.4 Å². The number of hydrogen-bond donors (Lipinski definition) is 3. The summed E-state index contributed by atoms with van der Waals surface area (Å²) in [6.07, 6.45) is 2.66. The maximum atomic E-state index is 13.0. The van der Waals surface area contributed by atoms with Crippen molar-refractivity contribution < 1.29 is 29.0 Å². The number of rotatable bonds is 11. The Morgan fingerprint density at radius 2 is 1.69 bits per heavy atom. The number of anilines is 1. The number of amides is 2. The van der Waals surface area contributed by atoms with E-state index >= 15 is 0 Å². The fourth-order valence-corrected chi connectivity index (χ4v) is 3.71. The summed E-state index contributed by atoms with van der Waals surface area (Å²) in [7, 11) is 1.43. The van der Waals surface area contributed by atoms with Gasteiger partial charge in [-0.15, -0.1) is 0 Å². The fraction of sp³-hybridized carbons (Fsp3) is 0.464. The van der Waals surface area contributed by atoms with Crippen molar-refractivity contribution in [2.24, 2.45) is 5.92 Å². The Morgan fingerprint density at radius 3 is 2.25 bits per heavy atom. The third kappa shape index (κ3) is 8.59. The molecule has 36 heavy (non-hydrogen) atoms. The molecule has 8 nitrogen and oxygen atoms in total. The number of nitrogens with one attached hydrogen (secondary N) is 2. The van der Waals surface area contributed by atoms with Gasteiger partial charge in [0.15, 0.2) is 11.5 Å². The molecule has 2 atom stereocenters. The quantitative estimate of drug-likeness (QED) is 0.382. The molecule has 0 aliphatic heterocycles. The van der Waals surface area contributed by atoms with Gasteiger partial charge in [-0.25, -0.2) is 4.79 Å². The highest BCUT2D eigenvalue weighted by molar-refractivity contribution is 5.98. The first kappa shape index (κ1) is 28.7. The van der Waals surface area contributed by atoms with E-state index in [2.05, 4.69) is 10.6 Å².